The molecular formula is C25H24O5. The van der Waals surface area contributed by atoms with Gasteiger partial charge in [-0.15, -0.1) is 0 Å². The van der Waals surface area contributed by atoms with Gasteiger partial charge in [-0.25, -0.2) is 0 Å². The minimum Gasteiger partial charge on any atom is -0.481 e. The summed E-state index contributed by atoms with van der Waals surface area (Å²) in [6, 6.07) is 24.3. The smallest absolute Gasteiger partial charge is 0.307 e. The van der Waals surface area contributed by atoms with Crippen LogP contribution in [0.25, 0.3) is 11.1 Å². The third kappa shape index (κ3) is 5.33. The fourth-order valence-corrected chi connectivity index (χ4v) is 3.56. The quantitative estimate of drug-likeness (QED) is 0.500. The molecule has 0 aromatic heterocycles. The van der Waals surface area contributed by atoms with E-state index in [-0.39, 0.29) is 19.4 Å². The molecule has 3 N–H and O–H groups in total. The normalized spacial score (nSPS) is 12.8. The van der Waals surface area contributed by atoms with Gasteiger partial charge in [0.15, 0.2) is 0 Å². The zero-order valence-corrected chi connectivity index (χ0v) is 16.4. The van der Waals surface area contributed by atoms with Crippen molar-refractivity contribution in [3.8, 4) is 11.1 Å². The number of benzene rings is 3. The van der Waals surface area contributed by atoms with Crippen LogP contribution in [0.4, 0.5) is 0 Å². The number of carboxylic acids is 2. The van der Waals surface area contributed by atoms with Crippen LogP contribution in [-0.2, 0) is 29.0 Å². The molecule has 0 aliphatic heterocycles. The van der Waals surface area contributed by atoms with Gasteiger partial charge in [-0.1, -0.05) is 78.9 Å². The second-order valence-corrected chi connectivity index (χ2v) is 7.34. The predicted octanol–water partition coefficient (Wildman–Crippen LogP) is 4.03. The molecule has 5 nitrogen and oxygen atoms in total. The summed E-state index contributed by atoms with van der Waals surface area (Å²) in [5.74, 6) is -4.37. The van der Waals surface area contributed by atoms with Gasteiger partial charge in [0.2, 0.25) is 0 Å². The summed E-state index contributed by atoms with van der Waals surface area (Å²) in [6.07, 6.45) is 0.246. The van der Waals surface area contributed by atoms with Crippen LogP contribution in [0.2, 0.25) is 0 Å². The SMILES string of the molecule is O=C(O)[C@@H](Cc1ccc(CO)cc1)[C@H](Cc1ccc(-c2ccccc2)cc1)C(=O)O. The zero-order chi connectivity index (χ0) is 21.5. The van der Waals surface area contributed by atoms with E-state index in [2.05, 4.69) is 0 Å². The molecule has 0 aliphatic rings. The van der Waals surface area contributed by atoms with Crippen LogP contribution in [0.1, 0.15) is 16.7 Å². The van der Waals surface area contributed by atoms with E-state index < -0.39 is 23.8 Å². The molecule has 0 unspecified atom stereocenters. The average molecular weight is 404 g/mol. The molecule has 3 aromatic carbocycles. The van der Waals surface area contributed by atoms with E-state index in [1.165, 1.54) is 0 Å². The molecule has 154 valence electrons. The highest BCUT2D eigenvalue weighted by Crippen LogP contribution is 2.25. The number of hydrogen-bond donors (Lipinski definition) is 3. The monoisotopic (exact) mass is 404 g/mol. The van der Waals surface area contributed by atoms with Crippen LogP contribution in [0.15, 0.2) is 78.9 Å². The lowest BCUT2D eigenvalue weighted by molar-refractivity contribution is -0.153. The van der Waals surface area contributed by atoms with E-state index in [1.807, 2.05) is 54.6 Å². The highest BCUT2D eigenvalue weighted by Gasteiger charge is 2.34. The maximum Gasteiger partial charge on any atom is 0.307 e. The van der Waals surface area contributed by atoms with Gasteiger partial charge in [-0.2, -0.15) is 0 Å². The van der Waals surface area contributed by atoms with Crippen molar-refractivity contribution >= 4 is 11.9 Å². The number of hydrogen-bond acceptors (Lipinski definition) is 3. The summed E-state index contributed by atoms with van der Waals surface area (Å²) in [5, 5.41) is 28.6. The summed E-state index contributed by atoms with van der Waals surface area (Å²) in [7, 11) is 0. The van der Waals surface area contributed by atoms with E-state index in [1.54, 1.807) is 24.3 Å². The first kappa shape index (κ1) is 21.3. The predicted molar refractivity (Wildman–Crippen MR) is 114 cm³/mol. The van der Waals surface area contributed by atoms with Crippen molar-refractivity contribution in [1.29, 1.82) is 0 Å². The molecule has 0 aliphatic carbocycles. The Morgan fingerprint density at radius 1 is 0.600 bits per heavy atom. The molecule has 3 aromatic rings. The van der Waals surface area contributed by atoms with Crippen molar-refractivity contribution in [1.82, 2.24) is 0 Å². The van der Waals surface area contributed by atoms with Crippen LogP contribution in [0, 0.1) is 11.8 Å². The Balaban J connectivity index is 1.78. The van der Waals surface area contributed by atoms with Crippen molar-refractivity contribution in [3.63, 3.8) is 0 Å². The lowest BCUT2D eigenvalue weighted by Gasteiger charge is -2.21. The molecule has 0 bridgehead atoms. The molecular weight excluding hydrogens is 380 g/mol. The highest BCUT2D eigenvalue weighted by molar-refractivity contribution is 5.80. The third-order valence-electron chi connectivity index (χ3n) is 5.30. The highest BCUT2D eigenvalue weighted by atomic mass is 16.4. The van der Waals surface area contributed by atoms with E-state index in [0.717, 1.165) is 27.8 Å². The Labute approximate surface area is 175 Å². The Hall–Kier alpha value is -3.44. The maximum atomic E-state index is 11.9. The number of carboxylic acid groups (broad SMARTS) is 2. The molecule has 0 spiro atoms. The summed E-state index contributed by atoms with van der Waals surface area (Å²) in [5.41, 5.74) is 4.31. The van der Waals surface area contributed by atoms with Crippen molar-refractivity contribution in [2.24, 2.45) is 11.8 Å². The van der Waals surface area contributed by atoms with Crippen molar-refractivity contribution in [3.05, 3.63) is 95.6 Å². The Morgan fingerprint density at radius 3 is 1.43 bits per heavy atom. The van der Waals surface area contributed by atoms with Crippen LogP contribution in [0.3, 0.4) is 0 Å². The number of carbonyl (C=O) groups is 2. The molecule has 0 radical (unpaired) electrons. The zero-order valence-electron chi connectivity index (χ0n) is 16.4. The molecule has 0 amide bonds. The minimum atomic E-state index is -1.13. The van der Waals surface area contributed by atoms with E-state index >= 15 is 0 Å². The second-order valence-electron chi connectivity index (χ2n) is 7.34. The van der Waals surface area contributed by atoms with Gasteiger partial charge in [0.1, 0.15) is 0 Å². The van der Waals surface area contributed by atoms with Crippen LogP contribution >= 0.6 is 0 Å². The van der Waals surface area contributed by atoms with Gasteiger partial charge in [-0.3, -0.25) is 9.59 Å². The Kier molecular flexibility index (Phi) is 6.99. The van der Waals surface area contributed by atoms with Crippen molar-refractivity contribution in [2.75, 3.05) is 0 Å². The topological polar surface area (TPSA) is 94.8 Å². The van der Waals surface area contributed by atoms with Crippen molar-refractivity contribution in [2.45, 2.75) is 19.4 Å². The van der Waals surface area contributed by atoms with E-state index in [0.29, 0.717) is 0 Å². The van der Waals surface area contributed by atoms with Gasteiger partial charge >= 0.3 is 11.9 Å². The lowest BCUT2D eigenvalue weighted by atomic mass is 9.82. The molecule has 3 rings (SSSR count). The molecule has 30 heavy (non-hydrogen) atoms. The van der Waals surface area contributed by atoms with Gasteiger partial charge in [-0.05, 0) is 40.7 Å². The molecule has 0 saturated heterocycles. The molecule has 5 heteroatoms. The van der Waals surface area contributed by atoms with Crippen molar-refractivity contribution < 1.29 is 24.9 Å². The fourth-order valence-electron chi connectivity index (χ4n) is 3.56. The Morgan fingerprint density at radius 2 is 1.00 bits per heavy atom. The Bertz CT molecular complexity index is 978. The van der Waals surface area contributed by atoms with Gasteiger partial charge in [0.05, 0.1) is 18.4 Å². The van der Waals surface area contributed by atoms with E-state index in [9.17, 15) is 19.8 Å². The minimum absolute atomic E-state index is 0.0979. The van der Waals surface area contributed by atoms with E-state index in [4.69, 9.17) is 5.11 Å². The first-order valence-electron chi connectivity index (χ1n) is 9.76. The third-order valence-corrected chi connectivity index (χ3v) is 5.30. The number of aliphatic carboxylic acids is 2. The second kappa shape index (κ2) is 9.85. The fraction of sp³-hybridized carbons (Fsp3) is 0.200. The first-order valence-corrected chi connectivity index (χ1v) is 9.76. The summed E-state index contributed by atoms with van der Waals surface area (Å²) >= 11 is 0. The van der Waals surface area contributed by atoms with Gasteiger partial charge in [0.25, 0.3) is 0 Å². The van der Waals surface area contributed by atoms with Gasteiger partial charge < -0.3 is 15.3 Å². The van der Waals surface area contributed by atoms with Crippen LogP contribution in [0.5, 0.6) is 0 Å². The van der Waals surface area contributed by atoms with Gasteiger partial charge in [0, 0.05) is 0 Å². The largest absolute Gasteiger partial charge is 0.481 e. The standard InChI is InChI=1S/C25H24O5/c26-16-19-8-6-17(7-9-19)14-22(24(27)28)23(25(29)30)15-18-10-12-21(13-11-18)20-4-2-1-3-5-20/h1-13,22-23,26H,14-16H2,(H,27,28)(H,29,30)/t22-,23-/m0/s1. The first-order chi connectivity index (χ1) is 14.5. The van der Waals surface area contributed by atoms with Crippen LogP contribution < -0.4 is 0 Å². The number of rotatable bonds is 9. The summed E-state index contributed by atoms with van der Waals surface area (Å²) < 4.78 is 0. The summed E-state index contributed by atoms with van der Waals surface area (Å²) in [6.45, 7) is -0.0979. The van der Waals surface area contributed by atoms with Crippen LogP contribution in [-0.4, -0.2) is 27.3 Å². The molecule has 0 saturated carbocycles. The molecule has 2 atom stereocenters. The average Bonchev–Trinajstić information content (AvgIpc) is 2.77. The molecule has 0 heterocycles. The number of aliphatic hydroxyl groups excluding tert-OH is 1. The molecule has 0 fully saturated rings. The lowest BCUT2D eigenvalue weighted by Crippen LogP contribution is -2.33. The summed E-state index contributed by atoms with van der Waals surface area (Å²) in [4.78, 5) is 23.8. The number of aliphatic hydroxyl groups is 1. The maximum absolute atomic E-state index is 11.9.